The van der Waals surface area contributed by atoms with E-state index in [0.29, 0.717) is 0 Å². The van der Waals surface area contributed by atoms with Crippen molar-refractivity contribution in [2.75, 3.05) is 6.54 Å². The molecule has 2 N–H and O–H groups in total. The van der Waals surface area contributed by atoms with Crippen LogP contribution < -0.4 is 5.73 Å². The smallest absolute Gasteiger partial charge is 0.0106 e. The molecule has 0 saturated heterocycles. The van der Waals surface area contributed by atoms with Gasteiger partial charge in [0, 0.05) is 0 Å². The van der Waals surface area contributed by atoms with Gasteiger partial charge in [-0.15, -0.1) is 0 Å². The third kappa shape index (κ3) is 5.96. The fraction of sp³-hybridized carbons (Fsp3) is 1.00. The lowest BCUT2D eigenvalue weighted by atomic mass is 10.4. The third-order valence-corrected chi connectivity index (χ3v) is 1.25. The molecule has 1 aliphatic rings. The predicted molar refractivity (Wildman–Crippen MR) is 37.8 cm³/mol. The summed E-state index contributed by atoms with van der Waals surface area (Å²) in [6, 6.07) is 0. The van der Waals surface area contributed by atoms with Crippen molar-refractivity contribution < 1.29 is 0 Å². The molecule has 0 heterocycles. The van der Waals surface area contributed by atoms with Gasteiger partial charge in [0.1, 0.15) is 0 Å². The molecular weight excluding hydrogens is 98.1 g/mol. The molecule has 0 aromatic carbocycles. The first-order chi connectivity index (χ1) is 3.91. The van der Waals surface area contributed by atoms with Gasteiger partial charge in [-0.25, -0.2) is 0 Å². The molecule has 50 valence electrons. The van der Waals surface area contributed by atoms with Crippen molar-refractivity contribution >= 4 is 0 Å². The molecule has 1 nitrogen and oxygen atoms in total. The molecule has 1 rings (SSSR count). The molecule has 1 heteroatoms. The van der Waals surface area contributed by atoms with Crippen LogP contribution in [0.15, 0.2) is 0 Å². The highest BCUT2D eigenvalue weighted by Crippen LogP contribution is 2.15. The van der Waals surface area contributed by atoms with Gasteiger partial charge in [0.15, 0.2) is 0 Å². The van der Waals surface area contributed by atoms with Crippen molar-refractivity contribution in [3.05, 3.63) is 0 Å². The molecular formula is C7H17N. The van der Waals surface area contributed by atoms with E-state index in [2.05, 4.69) is 0 Å². The van der Waals surface area contributed by atoms with Crippen LogP contribution in [0.5, 0.6) is 0 Å². The first-order valence-electron chi connectivity index (χ1n) is 3.62. The van der Waals surface area contributed by atoms with Gasteiger partial charge in [-0.05, 0) is 6.54 Å². The second-order valence-corrected chi connectivity index (χ2v) is 2.18. The maximum atomic E-state index is 4.85. The standard InChI is InChI=1S/C5H10.C2H7N/c1-2-4-5-3-1;1-2-3/h1-5H2;2-3H2,1H3. The molecule has 0 spiro atoms. The number of hydrogen-bond acceptors (Lipinski definition) is 1. The van der Waals surface area contributed by atoms with Gasteiger partial charge in [0.25, 0.3) is 0 Å². The van der Waals surface area contributed by atoms with E-state index < -0.39 is 0 Å². The van der Waals surface area contributed by atoms with Gasteiger partial charge < -0.3 is 5.73 Å². The normalized spacial score (nSPS) is 17.2. The zero-order valence-corrected chi connectivity index (χ0v) is 5.82. The predicted octanol–water partition coefficient (Wildman–Crippen LogP) is 1.92. The summed E-state index contributed by atoms with van der Waals surface area (Å²) in [6.45, 7) is 2.65. The Bertz CT molecular complexity index is 23.8. The lowest BCUT2D eigenvalue weighted by Crippen LogP contribution is -1.87. The Kier molecular flexibility index (Phi) is 6.93. The lowest BCUT2D eigenvalue weighted by molar-refractivity contribution is 0.886. The van der Waals surface area contributed by atoms with E-state index >= 15 is 0 Å². The van der Waals surface area contributed by atoms with E-state index in [1.165, 1.54) is 32.1 Å². The van der Waals surface area contributed by atoms with Gasteiger partial charge in [0.2, 0.25) is 0 Å². The van der Waals surface area contributed by atoms with E-state index in [9.17, 15) is 0 Å². The summed E-state index contributed by atoms with van der Waals surface area (Å²) in [5.74, 6) is 0. The van der Waals surface area contributed by atoms with Crippen molar-refractivity contribution in [3.8, 4) is 0 Å². The third-order valence-electron chi connectivity index (χ3n) is 1.25. The van der Waals surface area contributed by atoms with Crippen molar-refractivity contribution in [2.45, 2.75) is 39.0 Å². The summed E-state index contributed by atoms with van der Waals surface area (Å²) < 4.78 is 0. The fourth-order valence-corrected chi connectivity index (χ4v) is 0.884. The summed E-state index contributed by atoms with van der Waals surface area (Å²) >= 11 is 0. The second kappa shape index (κ2) is 6.96. The Morgan fingerprint density at radius 2 is 1.12 bits per heavy atom. The van der Waals surface area contributed by atoms with Crippen LogP contribution in [0.1, 0.15) is 39.0 Å². The van der Waals surface area contributed by atoms with E-state index in [4.69, 9.17) is 5.73 Å². The fourth-order valence-electron chi connectivity index (χ4n) is 0.884. The lowest BCUT2D eigenvalue weighted by Gasteiger charge is -1.67. The average molecular weight is 115 g/mol. The minimum absolute atomic E-state index is 0.750. The molecule has 0 aliphatic heterocycles. The first kappa shape index (κ1) is 7.96. The SMILES string of the molecule is C1CCCC1.CCN. The number of hydrogen-bond donors (Lipinski definition) is 1. The summed E-state index contributed by atoms with van der Waals surface area (Å²) in [7, 11) is 0. The topological polar surface area (TPSA) is 26.0 Å². The maximum Gasteiger partial charge on any atom is -0.0106 e. The Morgan fingerprint density at radius 1 is 1.00 bits per heavy atom. The minimum atomic E-state index is 0.750. The molecule has 8 heavy (non-hydrogen) atoms. The first-order valence-corrected chi connectivity index (χ1v) is 3.62. The van der Waals surface area contributed by atoms with Crippen LogP contribution in [0.2, 0.25) is 0 Å². The van der Waals surface area contributed by atoms with Crippen molar-refractivity contribution in [3.63, 3.8) is 0 Å². The Labute approximate surface area is 52.3 Å². The number of rotatable bonds is 0. The average Bonchev–Trinajstić information content (AvgIpc) is 2.17. The van der Waals surface area contributed by atoms with Crippen molar-refractivity contribution in [1.29, 1.82) is 0 Å². The van der Waals surface area contributed by atoms with Crippen molar-refractivity contribution in [2.24, 2.45) is 5.73 Å². The van der Waals surface area contributed by atoms with Crippen molar-refractivity contribution in [1.82, 2.24) is 0 Å². The molecule has 0 aromatic heterocycles. The zero-order chi connectivity index (χ0) is 6.24. The van der Waals surface area contributed by atoms with Crippen LogP contribution in [-0.2, 0) is 0 Å². The van der Waals surface area contributed by atoms with E-state index in [1.807, 2.05) is 6.92 Å². The van der Waals surface area contributed by atoms with Crippen LogP contribution in [-0.4, -0.2) is 6.54 Å². The monoisotopic (exact) mass is 115 g/mol. The summed E-state index contributed by atoms with van der Waals surface area (Å²) in [4.78, 5) is 0. The number of nitrogens with two attached hydrogens (primary N) is 1. The molecule has 0 unspecified atom stereocenters. The second-order valence-electron chi connectivity index (χ2n) is 2.18. The largest absolute Gasteiger partial charge is 0.331 e. The van der Waals surface area contributed by atoms with E-state index in [-0.39, 0.29) is 0 Å². The molecule has 0 aromatic rings. The van der Waals surface area contributed by atoms with Gasteiger partial charge in [-0.3, -0.25) is 0 Å². The van der Waals surface area contributed by atoms with Gasteiger partial charge in [0.05, 0.1) is 0 Å². The Morgan fingerprint density at radius 3 is 1.25 bits per heavy atom. The molecule has 1 saturated carbocycles. The molecule has 0 atom stereocenters. The molecule has 0 amide bonds. The Hall–Kier alpha value is -0.0400. The quantitative estimate of drug-likeness (QED) is 0.513. The molecule has 0 bridgehead atoms. The highest BCUT2D eigenvalue weighted by molar-refractivity contribution is 4.51. The summed E-state index contributed by atoms with van der Waals surface area (Å²) in [6.07, 6.45) is 7.50. The van der Waals surface area contributed by atoms with Crippen LogP contribution >= 0.6 is 0 Å². The van der Waals surface area contributed by atoms with Crippen LogP contribution in [0.25, 0.3) is 0 Å². The zero-order valence-electron chi connectivity index (χ0n) is 5.82. The van der Waals surface area contributed by atoms with Crippen LogP contribution in [0.3, 0.4) is 0 Å². The maximum absolute atomic E-state index is 4.85. The highest BCUT2D eigenvalue weighted by Gasteiger charge is 1.95. The molecule has 1 fully saturated rings. The van der Waals surface area contributed by atoms with E-state index in [0.717, 1.165) is 6.54 Å². The molecule has 0 radical (unpaired) electrons. The van der Waals surface area contributed by atoms with Crippen LogP contribution in [0.4, 0.5) is 0 Å². The summed E-state index contributed by atoms with van der Waals surface area (Å²) in [5, 5.41) is 0. The molecule has 1 aliphatic carbocycles. The van der Waals surface area contributed by atoms with E-state index in [1.54, 1.807) is 0 Å². The van der Waals surface area contributed by atoms with Gasteiger partial charge >= 0.3 is 0 Å². The highest BCUT2D eigenvalue weighted by atomic mass is 14.5. The van der Waals surface area contributed by atoms with Gasteiger partial charge in [-0.2, -0.15) is 0 Å². The summed E-state index contributed by atoms with van der Waals surface area (Å²) in [5.41, 5.74) is 4.85. The van der Waals surface area contributed by atoms with Crippen LogP contribution in [0, 0.1) is 0 Å². The Balaban J connectivity index is 0.000000145. The van der Waals surface area contributed by atoms with Gasteiger partial charge in [-0.1, -0.05) is 39.0 Å². The minimum Gasteiger partial charge on any atom is -0.331 e.